The van der Waals surface area contributed by atoms with E-state index in [9.17, 15) is 29.4 Å². The van der Waals surface area contributed by atoms with E-state index in [1.807, 2.05) is 0 Å². The van der Waals surface area contributed by atoms with Crippen LogP contribution in [0.5, 0.6) is 0 Å². The molecule has 2 N–H and O–H groups in total. The summed E-state index contributed by atoms with van der Waals surface area (Å²) in [5.74, 6) is -5.00. The molecule has 0 amide bonds. The number of carboxylic acids is 2. The van der Waals surface area contributed by atoms with E-state index in [2.05, 4.69) is 0 Å². The Labute approximate surface area is 138 Å². The molecule has 0 aromatic heterocycles. The molecule has 0 saturated carbocycles. The molecule has 1 aliphatic carbocycles. The first-order chi connectivity index (χ1) is 11.3. The third-order valence-electron chi connectivity index (χ3n) is 3.33. The standard InChI is InChI=1S/C16H20O8/c1-3-5-23-13(19)11-7-10(12(17)18)8-16(9-11,14(20)21)15(22)24-6-4-2/h7,9H,3-6,8H2,1-2H3,(H,17,18)(H,20,21). The van der Waals surface area contributed by atoms with Crippen LogP contribution in [-0.2, 0) is 28.7 Å². The molecule has 0 radical (unpaired) electrons. The zero-order chi connectivity index (χ0) is 18.3. The van der Waals surface area contributed by atoms with Crippen molar-refractivity contribution in [2.24, 2.45) is 5.41 Å². The molecule has 0 aliphatic heterocycles. The summed E-state index contributed by atoms with van der Waals surface area (Å²) in [6.45, 7) is 3.58. The van der Waals surface area contributed by atoms with Gasteiger partial charge in [0.15, 0.2) is 5.41 Å². The van der Waals surface area contributed by atoms with Crippen LogP contribution in [0.1, 0.15) is 33.1 Å². The van der Waals surface area contributed by atoms with Gasteiger partial charge in [0.25, 0.3) is 0 Å². The van der Waals surface area contributed by atoms with Crippen LogP contribution in [-0.4, -0.2) is 47.3 Å². The number of carbonyl (C=O) groups is 4. The molecule has 0 saturated heterocycles. The predicted molar refractivity (Wildman–Crippen MR) is 81.0 cm³/mol. The second kappa shape index (κ2) is 8.28. The normalized spacial score (nSPS) is 19.8. The summed E-state index contributed by atoms with van der Waals surface area (Å²) in [4.78, 5) is 47.3. The molecule has 132 valence electrons. The highest BCUT2D eigenvalue weighted by molar-refractivity contribution is 6.07. The summed E-state index contributed by atoms with van der Waals surface area (Å²) >= 11 is 0. The van der Waals surface area contributed by atoms with Gasteiger partial charge in [-0.15, -0.1) is 0 Å². The second-order valence-electron chi connectivity index (χ2n) is 5.30. The van der Waals surface area contributed by atoms with Crippen molar-refractivity contribution in [1.29, 1.82) is 0 Å². The zero-order valence-corrected chi connectivity index (χ0v) is 13.5. The van der Waals surface area contributed by atoms with E-state index in [4.69, 9.17) is 9.47 Å². The molecule has 0 bridgehead atoms. The van der Waals surface area contributed by atoms with E-state index in [1.54, 1.807) is 13.8 Å². The molecule has 0 aromatic rings. The monoisotopic (exact) mass is 340 g/mol. The van der Waals surface area contributed by atoms with Gasteiger partial charge < -0.3 is 19.7 Å². The smallest absolute Gasteiger partial charge is 0.337 e. The Morgan fingerprint density at radius 1 is 1.08 bits per heavy atom. The second-order valence-corrected chi connectivity index (χ2v) is 5.30. The van der Waals surface area contributed by atoms with Gasteiger partial charge in [-0.3, -0.25) is 9.59 Å². The lowest BCUT2D eigenvalue weighted by molar-refractivity contribution is -0.165. The lowest BCUT2D eigenvalue weighted by Gasteiger charge is -2.27. The van der Waals surface area contributed by atoms with E-state index < -0.39 is 35.7 Å². The number of esters is 2. The third kappa shape index (κ3) is 4.21. The lowest BCUT2D eigenvalue weighted by Crippen LogP contribution is -2.42. The maximum Gasteiger partial charge on any atom is 0.337 e. The maximum absolute atomic E-state index is 12.3. The molecule has 8 nitrogen and oxygen atoms in total. The fourth-order valence-corrected chi connectivity index (χ4v) is 2.11. The number of aliphatic carboxylic acids is 2. The molecule has 24 heavy (non-hydrogen) atoms. The van der Waals surface area contributed by atoms with Gasteiger partial charge >= 0.3 is 23.9 Å². The average Bonchev–Trinajstić information content (AvgIpc) is 2.56. The molecular weight excluding hydrogens is 320 g/mol. The number of rotatable bonds is 8. The molecule has 0 fully saturated rings. The van der Waals surface area contributed by atoms with Crippen LogP contribution in [0.2, 0.25) is 0 Å². The van der Waals surface area contributed by atoms with Gasteiger partial charge in [-0.2, -0.15) is 0 Å². The molecule has 8 heteroatoms. The summed E-state index contributed by atoms with van der Waals surface area (Å²) in [6.07, 6.45) is 2.34. The van der Waals surface area contributed by atoms with E-state index in [1.165, 1.54) is 0 Å². The Hall–Kier alpha value is -2.64. The summed E-state index contributed by atoms with van der Waals surface area (Å²) < 4.78 is 9.80. The fraction of sp³-hybridized carbons (Fsp3) is 0.500. The number of carbonyl (C=O) groups excluding carboxylic acids is 2. The van der Waals surface area contributed by atoms with Crippen LogP contribution in [0.25, 0.3) is 0 Å². The Morgan fingerprint density at radius 3 is 2.17 bits per heavy atom. The van der Waals surface area contributed by atoms with Crippen LogP contribution < -0.4 is 0 Å². The van der Waals surface area contributed by atoms with Crippen molar-refractivity contribution in [3.05, 3.63) is 23.3 Å². The average molecular weight is 340 g/mol. The van der Waals surface area contributed by atoms with Gasteiger partial charge in [0.05, 0.1) is 18.8 Å². The van der Waals surface area contributed by atoms with Crippen LogP contribution in [0.4, 0.5) is 0 Å². The highest BCUT2D eigenvalue weighted by atomic mass is 16.5. The summed E-state index contributed by atoms with van der Waals surface area (Å²) in [5.41, 5.74) is -2.93. The lowest BCUT2D eigenvalue weighted by atomic mass is 9.76. The molecule has 1 unspecified atom stereocenters. The van der Waals surface area contributed by atoms with Crippen molar-refractivity contribution in [2.75, 3.05) is 13.2 Å². The minimum absolute atomic E-state index is 0.0105. The minimum atomic E-state index is -2.27. The SMILES string of the molecule is CCCOC(=O)C1=CC(C(=O)O)(C(=O)OCCC)CC(C(=O)O)=C1. The molecule has 0 spiro atoms. The Balaban J connectivity index is 3.32. The van der Waals surface area contributed by atoms with E-state index in [-0.39, 0.29) is 24.4 Å². The fourth-order valence-electron chi connectivity index (χ4n) is 2.11. The first-order valence-electron chi connectivity index (χ1n) is 7.53. The molecule has 1 atom stereocenters. The van der Waals surface area contributed by atoms with Gasteiger partial charge in [-0.05, 0) is 25.0 Å². The van der Waals surface area contributed by atoms with E-state index in [0.29, 0.717) is 12.8 Å². The number of carboxylic acid groups (broad SMARTS) is 2. The zero-order valence-electron chi connectivity index (χ0n) is 13.5. The summed E-state index contributed by atoms with van der Waals surface area (Å²) in [6, 6.07) is 0. The van der Waals surface area contributed by atoms with Gasteiger partial charge in [-0.25, -0.2) is 9.59 Å². The van der Waals surface area contributed by atoms with E-state index in [0.717, 1.165) is 12.2 Å². The topological polar surface area (TPSA) is 127 Å². The summed E-state index contributed by atoms with van der Waals surface area (Å²) in [5, 5.41) is 18.7. The number of ether oxygens (including phenoxy) is 2. The van der Waals surface area contributed by atoms with Crippen LogP contribution in [0.15, 0.2) is 23.3 Å². The first-order valence-corrected chi connectivity index (χ1v) is 7.53. The Bertz CT molecular complexity index is 601. The van der Waals surface area contributed by atoms with Crippen molar-refractivity contribution in [1.82, 2.24) is 0 Å². The highest BCUT2D eigenvalue weighted by Crippen LogP contribution is 2.36. The first kappa shape index (κ1) is 19.4. The van der Waals surface area contributed by atoms with E-state index >= 15 is 0 Å². The number of hydrogen-bond donors (Lipinski definition) is 2. The highest BCUT2D eigenvalue weighted by Gasteiger charge is 2.50. The summed E-state index contributed by atoms with van der Waals surface area (Å²) in [7, 11) is 0. The molecule has 1 aliphatic rings. The Morgan fingerprint density at radius 2 is 1.67 bits per heavy atom. The largest absolute Gasteiger partial charge is 0.480 e. The molecule has 1 rings (SSSR count). The Kier molecular flexibility index (Phi) is 6.69. The molecule has 0 heterocycles. The van der Waals surface area contributed by atoms with Gasteiger partial charge in [-0.1, -0.05) is 13.8 Å². The third-order valence-corrected chi connectivity index (χ3v) is 3.33. The maximum atomic E-state index is 12.3. The quantitative estimate of drug-likeness (QED) is 0.500. The minimum Gasteiger partial charge on any atom is -0.480 e. The molecule has 0 aromatic carbocycles. The van der Waals surface area contributed by atoms with Crippen LogP contribution in [0.3, 0.4) is 0 Å². The van der Waals surface area contributed by atoms with Crippen molar-refractivity contribution in [3.63, 3.8) is 0 Å². The van der Waals surface area contributed by atoms with Crippen molar-refractivity contribution < 1.29 is 38.9 Å². The number of hydrogen-bond acceptors (Lipinski definition) is 6. The van der Waals surface area contributed by atoms with Crippen LogP contribution in [0, 0.1) is 5.41 Å². The van der Waals surface area contributed by atoms with Crippen molar-refractivity contribution >= 4 is 23.9 Å². The van der Waals surface area contributed by atoms with Gasteiger partial charge in [0.2, 0.25) is 0 Å². The molecular formula is C16H20O8. The van der Waals surface area contributed by atoms with Crippen LogP contribution >= 0.6 is 0 Å². The van der Waals surface area contributed by atoms with Gasteiger partial charge in [0.1, 0.15) is 0 Å². The predicted octanol–water partition coefficient (Wildman–Crippen LogP) is 1.30. The van der Waals surface area contributed by atoms with Gasteiger partial charge in [0, 0.05) is 12.0 Å². The van der Waals surface area contributed by atoms with Crippen molar-refractivity contribution in [3.8, 4) is 0 Å². The van der Waals surface area contributed by atoms with Crippen molar-refractivity contribution in [2.45, 2.75) is 33.1 Å².